The number of aromatic nitrogens is 4. The number of aliphatic hydroxyl groups is 2. The van der Waals surface area contributed by atoms with Crippen LogP contribution in [-0.4, -0.2) is 49.0 Å². The van der Waals surface area contributed by atoms with E-state index >= 15 is 0 Å². The molecule has 0 spiro atoms. The summed E-state index contributed by atoms with van der Waals surface area (Å²) < 4.78 is 2.06. The highest BCUT2D eigenvalue weighted by atomic mass is 16.3. The minimum absolute atomic E-state index is 0.115. The van der Waals surface area contributed by atoms with E-state index in [-0.39, 0.29) is 37.1 Å². The van der Waals surface area contributed by atoms with Gasteiger partial charge in [-0.2, -0.15) is 0 Å². The second-order valence-corrected chi connectivity index (χ2v) is 6.36. The maximum Gasteiger partial charge on any atom is 0.165 e. The number of hydrogen-bond donors (Lipinski definition) is 3. The van der Waals surface area contributed by atoms with Crippen LogP contribution in [0, 0.1) is 11.8 Å². The Balaban J connectivity index is 1.92. The smallest absolute Gasteiger partial charge is 0.165 e. The van der Waals surface area contributed by atoms with Gasteiger partial charge in [0, 0.05) is 25.3 Å². The maximum atomic E-state index is 9.47. The predicted molar refractivity (Wildman–Crippen MR) is 83.5 cm³/mol. The topological polar surface area (TPSA) is 96.1 Å². The predicted octanol–water partition coefficient (Wildman–Crippen LogP) is 1.20. The summed E-state index contributed by atoms with van der Waals surface area (Å²) in [4.78, 5) is 13.1. The van der Waals surface area contributed by atoms with E-state index in [2.05, 4.69) is 38.7 Å². The van der Waals surface area contributed by atoms with Gasteiger partial charge in [-0.1, -0.05) is 0 Å². The molecule has 22 heavy (non-hydrogen) atoms. The Bertz CT molecular complexity index is 630. The van der Waals surface area contributed by atoms with Gasteiger partial charge in [0.1, 0.15) is 11.8 Å². The standard InChI is InChI=1S/C15H23N5O2/c1-9(2)19-14-13-15(17-7-16-14)20(8-18-13)12-3-10(5-21)11(4-12)6-22/h7-12,21-22H,3-6H2,1-2H3,(H,16,17,19)/t10-,11-/m0/s1. The fourth-order valence-corrected chi connectivity index (χ4v) is 3.35. The van der Waals surface area contributed by atoms with Crippen LogP contribution in [0.15, 0.2) is 12.7 Å². The van der Waals surface area contributed by atoms with Crippen molar-refractivity contribution in [2.75, 3.05) is 18.5 Å². The van der Waals surface area contributed by atoms with Gasteiger partial charge in [0.15, 0.2) is 11.5 Å². The van der Waals surface area contributed by atoms with Crippen LogP contribution in [-0.2, 0) is 0 Å². The first-order valence-corrected chi connectivity index (χ1v) is 7.79. The molecule has 2 aromatic rings. The molecule has 1 saturated carbocycles. The summed E-state index contributed by atoms with van der Waals surface area (Å²) in [6.07, 6.45) is 5.02. The van der Waals surface area contributed by atoms with Gasteiger partial charge in [0.05, 0.1) is 6.33 Å². The lowest BCUT2D eigenvalue weighted by Crippen LogP contribution is -2.15. The van der Waals surface area contributed by atoms with Gasteiger partial charge in [0.2, 0.25) is 0 Å². The molecule has 3 rings (SSSR count). The molecule has 0 aliphatic heterocycles. The lowest BCUT2D eigenvalue weighted by Gasteiger charge is -2.13. The van der Waals surface area contributed by atoms with Gasteiger partial charge in [0.25, 0.3) is 0 Å². The highest BCUT2D eigenvalue weighted by molar-refractivity contribution is 5.82. The summed E-state index contributed by atoms with van der Waals surface area (Å²) in [7, 11) is 0. The highest BCUT2D eigenvalue weighted by Crippen LogP contribution is 2.40. The van der Waals surface area contributed by atoms with Crippen LogP contribution in [0.1, 0.15) is 32.7 Å². The Labute approximate surface area is 129 Å². The van der Waals surface area contributed by atoms with E-state index in [0.717, 1.165) is 29.8 Å². The molecule has 120 valence electrons. The zero-order valence-electron chi connectivity index (χ0n) is 13.0. The summed E-state index contributed by atoms with van der Waals surface area (Å²) in [5.74, 6) is 1.03. The summed E-state index contributed by atoms with van der Waals surface area (Å²) in [6, 6.07) is 0.480. The summed E-state index contributed by atoms with van der Waals surface area (Å²) in [5.41, 5.74) is 1.57. The molecule has 0 aromatic carbocycles. The van der Waals surface area contributed by atoms with Crippen LogP contribution in [0.3, 0.4) is 0 Å². The number of rotatable bonds is 5. The minimum Gasteiger partial charge on any atom is -0.396 e. The van der Waals surface area contributed by atoms with Crippen molar-refractivity contribution in [3.05, 3.63) is 12.7 Å². The molecular weight excluding hydrogens is 282 g/mol. The Hall–Kier alpha value is -1.73. The molecule has 1 fully saturated rings. The average molecular weight is 305 g/mol. The largest absolute Gasteiger partial charge is 0.396 e. The van der Waals surface area contributed by atoms with E-state index in [1.165, 1.54) is 0 Å². The first-order chi connectivity index (χ1) is 10.6. The van der Waals surface area contributed by atoms with Gasteiger partial charge in [-0.05, 0) is 38.5 Å². The van der Waals surface area contributed by atoms with E-state index in [0.29, 0.717) is 0 Å². The number of hydrogen-bond acceptors (Lipinski definition) is 6. The number of aliphatic hydroxyl groups excluding tert-OH is 2. The molecule has 7 heteroatoms. The van der Waals surface area contributed by atoms with E-state index in [4.69, 9.17) is 0 Å². The van der Waals surface area contributed by atoms with Crippen LogP contribution in [0.5, 0.6) is 0 Å². The molecule has 0 amide bonds. The lowest BCUT2D eigenvalue weighted by atomic mass is 9.98. The lowest BCUT2D eigenvalue weighted by molar-refractivity contribution is 0.141. The van der Waals surface area contributed by atoms with Crippen molar-refractivity contribution in [3.8, 4) is 0 Å². The molecule has 0 saturated heterocycles. The SMILES string of the molecule is CC(C)Nc1ncnc2c1ncn2C1C[C@@H](CO)[C@H](CO)C1. The van der Waals surface area contributed by atoms with Crippen molar-refractivity contribution in [1.29, 1.82) is 0 Å². The van der Waals surface area contributed by atoms with E-state index < -0.39 is 0 Å². The Morgan fingerprint density at radius 3 is 2.45 bits per heavy atom. The third-order valence-electron chi connectivity index (χ3n) is 4.46. The third-order valence-corrected chi connectivity index (χ3v) is 4.46. The molecule has 1 aliphatic rings. The van der Waals surface area contributed by atoms with E-state index in [9.17, 15) is 10.2 Å². The van der Waals surface area contributed by atoms with Gasteiger partial charge >= 0.3 is 0 Å². The number of anilines is 1. The second kappa shape index (κ2) is 6.18. The fourth-order valence-electron chi connectivity index (χ4n) is 3.35. The molecule has 0 radical (unpaired) electrons. The number of nitrogens with one attached hydrogen (secondary N) is 1. The third kappa shape index (κ3) is 2.66. The first kappa shape index (κ1) is 15.2. The maximum absolute atomic E-state index is 9.47. The molecule has 2 aromatic heterocycles. The van der Waals surface area contributed by atoms with Crippen LogP contribution in [0.2, 0.25) is 0 Å². The molecule has 2 heterocycles. The van der Waals surface area contributed by atoms with Crippen molar-refractivity contribution in [1.82, 2.24) is 19.5 Å². The Morgan fingerprint density at radius 2 is 1.86 bits per heavy atom. The van der Waals surface area contributed by atoms with Crippen LogP contribution < -0.4 is 5.32 Å². The van der Waals surface area contributed by atoms with Crippen LogP contribution in [0.25, 0.3) is 11.2 Å². The number of fused-ring (bicyclic) bond motifs is 1. The minimum atomic E-state index is 0.115. The Morgan fingerprint density at radius 1 is 1.18 bits per heavy atom. The van der Waals surface area contributed by atoms with Crippen molar-refractivity contribution >= 4 is 17.0 Å². The molecule has 1 aliphatic carbocycles. The first-order valence-electron chi connectivity index (χ1n) is 7.79. The summed E-state index contributed by atoms with van der Waals surface area (Å²) in [5, 5.41) is 22.2. The molecule has 3 N–H and O–H groups in total. The number of imidazole rings is 1. The molecule has 0 bridgehead atoms. The zero-order chi connectivity index (χ0) is 15.7. The number of nitrogens with zero attached hydrogens (tertiary/aromatic N) is 4. The van der Waals surface area contributed by atoms with Gasteiger partial charge in [-0.15, -0.1) is 0 Å². The van der Waals surface area contributed by atoms with Crippen molar-refractivity contribution < 1.29 is 10.2 Å². The van der Waals surface area contributed by atoms with Gasteiger partial charge < -0.3 is 20.1 Å². The Kier molecular flexibility index (Phi) is 4.26. The summed E-state index contributed by atoms with van der Waals surface area (Å²) >= 11 is 0. The van der Waals surface area contributed by atoms with E-state index in [1.54, 1.807) is 12.7 Å². The van der Waals surface area contributed by atoms with Crippen LogP contribution >= 0.6 is 0 Å². The van der Waals surface area contributed by atoms with Gasteiger partial charge in [-0.3, -0.25) is 0 Å². The molecule has 0 unspecified atom stereocenters. The molecule has 2 atom stereocenters. The molecular formula is C15H23N5O2. The second-order valence-electron chi connectivity index (χ2n) is 6.36. The highest BCUT2D eigenvalue weighted by Gasteiger charge is 2.35. The normalized spacial score (nSPS) is 22.8. The summed E-state index contributed by atoms with van der Waals surface area (Å²) in [6.45, 7) is 4.34. The van der Waals surface area contributed by atoms with Crippen molar-refractivity contribution in [2.45, 2.75) is 38.8 Å². The quantitative estimate of drug-likeness (QED) is 0.768. The van der Waals surface area contributed by atoms with Crippen molar-refractivity contribution in [2.24, 2.45) is 11.8 Å². The monoisotopic (exact) mass is 305 g/mol. The average Bonchev–Trinajstić information content (AvgIpc) is 3.10. The fraction of sp³-hybridized carbons (Fsp3) is 0.667. The van der Waals surface area contributed by atoms with Crippen LogP contribution in [0.4, 0.5) is 5.82 Å². The zero-order valence-corrected chi connectivity index (χ0v) is 13.0. The molecule has 7 nitrogen and oxygen atoms in total. The van der Waals surface area contributed by atoms with Crippen molar-refractivity contribution in [3.63, 3.8) is 0 Å². The van der Waals surface area contributed by atoms with Gasteiger partial charge in [-0.25, -0.2) is 15.0 Å². The van der Waals surface area contributed by atoms with E-state index in [1.807, 2.05) is 0 Å².